The molecule has 2 aromatic rings. The van der Waals surface area contributed by atoms with Crippen LogP contribution in [0.15, 0.2) is 35.9 Å². The minimum Gasteiger partial charge on any atom is -0.465 e. The number of esters is 2. The molecule has 2 aliphatic heterocycles. The number of carbonyl (C=O) groups is 2. The third-order valence-electron chi connectivity index (χ3n) is 6.46. The highest BCUT2D eigenvalue weighted by Gasteiger charge is 2.46. The van der Waals surface area contributed by atoms with Crippen LogP contribution in [-0.2, 0) is 25.5 Å². The van der Waals surface area contributed by atoms with Crippen molar-refractivity contribution in [3.05, 3.63) is 47.2 Å². The van der Waals surface area contributed by atoms with Gasteiger partial charge >= 0.3 is 11.9 Å². The summed E-state index contributed by atoms with van der Waals surface area (Å²) in [7, 11) is 0. The summed E-state index contributed by atoms with van der Waals surface area (Å²) in [6.07, 6.45) is 3.73. The lowest BCUT2D eigenvalue weighted by Crippen LogP contribution is -2.47. The second kappa shape index (κ2) is 8.64. The summed E-state index contributed by atoms with van der Waals surface area (Å²) in [5.74, 6) is -2.12. The Morgan fingerprint density at radius 3 is 2.57 bits per heavy atom. The number of allylic oxidation sites excluding steroid dienone is 1. The highest BCUT2D eigenvalue weighted by molar-refractivity contribution is 5.95. The predicted octanol–water partition coefficient (Wildman–Crippen LogP) is 3.78. The van der Waals surface area contributed by atoms with Gasteiger partial charge in [-0.15, -0.1) is 0 Å². The number of hydrogen-bond donors (Lipinski definition) is 1. The van der Waals surface area contributed by atoms with E-state index in [1.165, 1.54) is 16.6 Å². The number of ether oxygens (including phenoxy) is 2. The Balaban J connectivity index is 1.72. The number of piperidine rings is 1. The summed E-state index contributed by atoms with van der Waals surface area (Å²) in [5, 5.41) is 1.27. The zero-order valence-corrected chi connectivity index (χ0v) is 17.9. The van der Waals surface area contributed by atoms with Gasteiger partial charge in [0.05, 0.1) is 19.3 Å². The second-order valence-corrected chi connectivity index (χ2v) is 7.99. The first-order valence-electron chi connectivity index (χ1n) is 10.9. The molecule has 30 heavy (non-hydrogen) atoms. The van der Waals surface area contributed by atoms with Crippen molar-refractivity contribution in [3.8, 4) is 0 Å². The van der Waals surface area contributed by atoms with Crippen molar-refractivity contribution in [3.63, 3.8) is 0 Å². The summed E-state index contributed by atoms with van der Waals surface area (Å²) in [6.45, 7) is 7.70. The molecule has 6 nitrogen and oxygen atoms in total. The molecule has 2 atom stereocenters. The third kappa shape index (κ3) is 3.54. The van der Waals surface area contributed by atoms with Crippen LogP contribution in [0.1, 0.15) is 44.5 Å². The topological polar surface area (TPSA) is 71.6 Å². The van der Waals surface area contributed by atoms with Crippen LogP contribution in [0, 0.1) is 11.8 Å². The van der Waals surface area contributed by atoms with E-state index in [-0.39, 0.29) is 25.2 Å². The number of benzene rings is 1. The molecule has 0 unspecified atom stereocenters. The summed E-state index contributed by atoms with van der Waals surface area (Å²) in [6, 6.07) is 8.53. The molecule has 1 N–H and O–H groups in total. The van der Waals surface area contributed by atoms with E-state index in [9.17, 15) is 9.59 Å². The van der Waals surface area contributed by atoms with Crippen molar-refractivity contribution < 1.29 is 19.1 Å². The minimum absolute atomic E-state index is 0.140. The first-order chi connectivity index (χ1) is 14.6. The maximum absolute atomic E-state index is 12.8. The van der Waals surface area contributed by atoms with E-state index in [0.29, 0.717) is 6.42 Å². The van der Waals surface area contributed by atoms with Crippen LogP contribution >= 0.6 is 0 Å². The normalized spacial score (nSPS) is 22.7. The van der Waals surface area contributed by atoms with Gasteiger partial charge in [0.25, 0.3) is 0 Å². The largest absolute Gasteiger partial charge is 0.465 e. The number of aromatic nitrogens is 1. The lowest BCUT2D eigenvalue weighted by atomic mass is 9.75. The van der Waals surface area contributed by atoms with Crippen molar-refractivity contribution in [1.29, 1.82) is 0 Å². The lowest BCUT2D eigenvalue weighted by Gasteiger charge is -2.44. The smallest absolute Gasteiger partial charge is 0.320 e. The minimum atomic E-state index is -0.923. The molecule has 0 amide bonds. The zero-order valence-electron chi connectivity index (χ0n) is 17.9. The van der Waals surface area contributed by atoms with Gasteiger partial charge in [-0.05, 0) is 45.2 Å². The van der Waals surface area contributed by atoms with Crippen LogP contribution in [0.5, 0.6) is 0 Å². The summed E-state index contributed by atoms with van der Waals surface area (Å²) < 4.78 is 10.6. The van der Waals surface area contributed by atoms with Crippen LogP contribution in [0.25, 0.3) is 10.9 Å². The highest BCUT2D eigenvalue weighted by Crippen LogP contribution is 2.45. The summed E-state index contributed by atoms with van der Waals surface area (Å²) in [4.78, 5) is 31.7. The molecule has 2 aliphatic rings. The van der Waals surface area contributed by atoms with Gasteiger partial charge in [0.15, 0.2) is 5.92 Å². The van der Waals surface area contributed by atoms with Gasteiger partial charge in [-0.1, -0.05) is 29.8 Å². The van der Waals surface area contributed by atoms with Crippen LogP contribution in [0.4, 0.5) is 0 Å². The average Bonchev–Trinajstić information content (AvgIpc) is 3.13. The van der Waals surface area contributed by atoms with Crippen molar-refractivity contribution >= 4 is 22.8 Å². The second-order valence-electron chi connectivity index (χ2n) is 7.99. The van der Waals surface area contributed by atoms with Crippen molar-refractivity contribution in [2.75, 3.05) is 26.3 Å². The van der Waals surface area contributed by atoms with Gasteiger partial charge in [0.2, 0.25) is 0 Å². The molecule has 6 heteroatoms. The van der Waals surface area contributed by atoms with Crippen molar-refractivity contribution in [2.24, 2.45) is 11.8 Å². The number of aromatic amines is 1. The molecule has 0 bridgehead atoms. The van der Waals surface area contributed by atoms with Crippen LogP contribution in [-0.4, -0.2) is 48.1 Å². The number of nitrogens with zero attached hydrogens (tertiary/aromatic N) is 1. The first kappa shape index (κ1) is 20.7. The van der Waals surface area contributed by atoms with Gasteiger partial charge in [0, 0.05) is 35.6 Å². The Bertz CT molecular complexity index is 959. The van der Waals surface area contributed by atoms with E-state index >= 15 is 0 Å². The van der Waals surface area contributed by atoms with E-state index in [4.69, 9.17) is 9.47 Å². The Kier molecular flexibility index (Phi) is 5.95. The average molecular weight is 411 g/mol. The van der Waals surface area contributed by atoms with Crippen LogP contribution in [0.3, 0.4) is 0 Å². The number of H-pyrrole nitrogens is 1. The van der Waals surface area contributed by atoms with E-state index in [2.05, 4.69) is 28.1 Å². The molecule has 1 aromatic carbocycles. The molecule has 0 radical (unpaired) electrons. The Labute approximate surface area is 177 Å². The van der Waals surface area contributed by atoms with Crippen LogP contribution in [0.2, 0.25) is 0 Å². The molecular weight excluding hydrogens is 380 g/mol. The first-order valence-corrected chi connectivity index (χ1v) is 10.9. The van der Waals surface area contributed by atoms with Gasteiger partial charge in [0.1, 0.15) is 0 Å². The molecule has 3 heterocycles. The number of rotatable bonds is 5. The molecule has 0 aliphatic carbocycles. The maximum atomic E-state index is 12.8. The fourth-order valence-corrected chi connectivity index (χ4v) is 5.11. The maximum Gasteiger partial charge on any atom is 0.320 e. The van der Waals surface area contributed by atoms with E-state index in [1.54, 1.807) is 13.8 Å². The van der Waals surface area contributed by atoms with E-state index < -0.39 is 17.9 Å². The number of fused-ring (bicyclic) bond motifs is 5. The third-order valence-corrected chi connectivity index (χ3v) is 6.46. The van der Waals surface area contributed by atoms with E-state index in [0.717, 1.165) is 30.6 Å². The number of carbonyl (C=O) groups excluding carboxylic acids is 2. The zero-order chi connectivity index (χ0) is 21.3. The quantitative estimate of drug-likeness (QED) is 0.461. The standard InChI is InChI=1S/C24H30N2O4/c1-4-15-14-26-12-11-17-16-9-7-8-10-19(16)25-22(17)20(26)13-18(15)21(23(27)29-5-2)24(28)30-6-3/h4,7-10,18,20-21,25H,5-6,11-14H2,1-3H3/b15-4+/t18-,20+/m1/s1. The molecular formula is C24H30N2O4. The SMILES string of the molecule is C/C=C1\CN2CCc3c([nH]c4ccccc34)[C@@H]2C[C@H]1C(C(=O)OCC)C(=O)OCC. The fraction of sp³-hybridized carbons (Fsp3) is 0.500. The number of hydrogen-bond acceptors (Lipinski definition) is 5. The van der Waals surface area contributed by atoms with Gasteiger partial charge in [-0.2, -0.15) is 0 Å². The molecule has 4 rings (SSSR count). The monoisotopic (exact) mass is 410 g/mol. The van der Waals surface area contributed by atoms with Crippen molar-refractivity contribution in [2.45, 2.75) is 39.7 Å². The van der Waals surface area contributed by atoms with Crippen molar-refractivity contribution in [1.82, 2.24) is 9.88 Å². The molecule has 0 saturated carbocycles. The molecule has 160 valence electrons. The van der Waals surface area contributed by atoms with E-state index in [1.807, 2.05) is 19.1 Å². The molecule has 1 aromatic heterocycles. The Morgan fingerprint density at radius 2 is 1.90 bits per heavy atom. The predicted molar refractivity (Wildman–Crippen MR) is 115 cm³/mol. The Hall–Kier alpha value is -2.60. The number of para-hydroxylation sites is 1. The summed E-state index contributed by atoms with van der Waals surface area (Å²) in [5.41, 5.74) is 4.83. The lowest BCUT2D eigenvalue weighted by molar-refractivity contribution is -0.164. The molecule has 1 saturated heterocycles. The van der Waals surface area contributed by atoms with Gasteiger partial charge in [-0.25, -0.2) is 0 Å². The van der Waals surface area contributed by atoms with Crippen LogP contribution < -0.4 is 0 Å². The summed E-state index contributed by atoms with van der Waals surface area (Å²) >= 11 is 0. The van der Waals surface area contributed by atoms with Gasteiger partial charge < -0.3 is 14.5 Å². The number of nitrogens with one attached hydrogen (secondary N) is 1. The molecule has 0 spiro atoms. The van der Waals surface area contributed by atoms with Gasteiger partial charge in [-0.3, -0.25) is 14.5 Å². The molecule has 1 fully saturated rings. The highest BCUT2D eigenvalue weighted by atomic mass is 16.6. The Morgan fingerprint density at radius 1 is 1.20 bits per heavy atom. The fourth-order valence-electron chi connectivity index (χ4n) is 5.11.